The Bertz CT molecular complexity index is 1340. The summed E-state index contributed by atoms with van der Waals surface area (Å²) in [7, 11) is -2.83. The van der Waals surface area contributed by atoms with Crippen LogP contribution in [0.25, 0.3) is 6.08 Å². The lowest BCUT2D eigenvalue weighted by Gasteiger charge is -2.45. The van der Waals surface area contributed by atoms with Crippen LogP contribution in [0.3, 0.4) is 0 Å². The molecule has 2 atom stereocenters. The first-order chi connectivity index (χ1) is 19.8. The first kappa shape index (κ1) is 30.3. The van der Waals surface area contributed by atoms with Gasteiger partial charge in [-0.2, -0.15) is 0 Å². The summed E-state index contributed by atoms with van der Waals surface area (Å²) in [4.78, 5) is 15.5. The molecule has 0 radical (unpaired) electrons. The lowest BCUT2D eigenvalue weighted by atomic mass is 10.0. The topological polar surface area (TPSA) is 48.0 Å². The fourth-order valence-corrected chi connectivity index (χ4v) is 11.5. The highest BCUT2D eigenvalue weighted by molar-refractivity contribution is 6.99. The van der Waals surface area contributed by atoms with E-state index in [-0.39, 0.29) is 17.2 Å². The molecule has 1 heterocycles. The average Bonchev–Trinajstić information content (AvgIpc) is 3.42. The standard InChI is InChI=1S/C36H45NO4Si/c1-34(2,3)42(28-19-13-9-14-20-28,29-21-15-10-16-22-29)41-32-24-23-31(30(32)25-27-17-11-8-12-18-27)40-33(38)37-35(4,5)26-39-36(37,6)7/h8-22,25,31-32H,23-24,26H2,1-7H3/b30-25-/t31-,32+/m1/s1. The van der Waals surface area contributed by atoms with Gasteiger partial charge in [-0.25, -0.2) is 4.79 Å². The third-order valence-electron chi connectivity index (χ3n) is 8.65. The van der Waals surface area contributed by atoms with Gasteiger partial charge in [0.05, 0.1) is 18.2 Å². The van der Waals surface area contributed by atoms with Crippen LogP contribution in [-0.4, -0.2) is 49.4 Å². The van der Waals surface area contributed by atoms with Crippen LogP contribution in [0.5, 0.6) is 0 Å². The molecule has 0 aromatic heterocycles. The zero-order chi connectivity index (χ0) is 30.2. The van der Waals surface area contributed by atoms with Crippen LogP contribution in [0.15, 0.2) is 96.6 Å². The molecule has 42 heavy (non-hydrogen) atoms. The largest absolute Gasteiger partial charge is 0.441 e. The molecular formula is C36H45NO4Si. The van der Waals surface area contributed by atoms with Gasteiger partial charge in [-0.05, 0) is 73.2 Å². The maximum atomic E-state index is 13.8. The quantitative estimate of drug-likeness (QED) is 0.289. The van der Waals surface area contributed by atoms with Gasteiger partial charge < -0.3 is 13.9 Å². The monoisotopic (exact) mass is 583 g/mol. The van der Waals surface area contributed by atoms with Crippen molar-refractivity contribution in [2.75, 3.05) is 6.61 Å². The maximum absolute atomic E-state index is 13.8. The van der Waals surface area contributed by atoms with Crippen molar-refractivity contribution >= 4 is 30.9 Å². The summed E-state index contributed by atoms with van der Waals surface area (Å²) in [6, 6.07) is 31.7. The van der Waals surface area contributed by atoms with Crippen LogP contribution in [0.4, 0.5) is 4.79 Å². The summed E-state index contributed by atoms with van der Waals surface area (Å²) in [5, 5.41) is 2.31. The van der Waals surface area contributed by atoms with Gasteiger partial charge in [0.2, 0.25) is 0 Å². The van der Waals surface area contributed by atoms with E-state index in [1.807, 2.05) is 45.9 Å². The van der Waals surface area contributed by atoms with Gasteiger partial charge >= 0.3 is 6.09 Å². The molecule has 1 saturated heterocycles. The highest BCUT2D eigenvalue weighted by Gasteiger charge is 2.54. The van der Waals surface area contributed by atoms with Crippen molar-refractivity contribution in [2.45, 2.75) is 89.8 Å². The van der Waals surface area contributed by atoms with E-state index in [2.05, 4.69) is 99.6 Å². The molecule has 222 valence electrons. The molecule has 3 aromatic rings. The predicted octanol–water partition coefficient (Wildman–Crippen LogP) is 7.16. The van der Waals surface area contributed by atoms with Crippen LogP contribution >= 0.6 is 0 Å². The molecule has 5 rings (SSSR count). The summed E-state index contributed by atoms with van der Waals surface area (Å²) in [6.07, 6.45) is 2.69. The van der Waals surface area contributed by atoms with E-state index in [1.54, 1.807) is 4.90 Å². The van der Waals surface area contributed by atoms with Crippen molar-refractivity contribution in [1.82, 2.24) is 4.90 Å². The van der Waals surface area contributed by atoms with E-state index in [9.17, 15) is 4.79 Å². The van der Waals surface area contributed by atoms with Crippen molar-refractivity contribution in [2.24, 2.45) is 0 Å². The number of benzene rings is 3. The minimum Gasteiger partial charge on any atom is -0.441 e. The van der Waals surface area contributed by atoms with Crippen molar-refractivity contribution in [3.63, 3.8) is 0 Å². The zero-order valence-electron chi connectivity index (χ0n) is 26.1. The lowest BCUT2D eigenvalue weighted by molar-refractivity contribution is -0.0557. The minimum atomic E-state index is -2.83. The van der Waals surface area contributed by atoms with Crippen LogP contribution in [0.2, 0.25) is 5.04 Å². The van der Waals surface area contributed by atoms with Gasteiger partial charge in [0, 0.05) is 0 Å². The number of amides is 1. The van der Waals surface area contributed by atoms with Crippen molar-refractivity contribution < 1.29 is 18.7 Å². The Kier molecular flexibility index (Phi) is 8.27. The fraction of sp³-hybridized carbons (Fsp3) is 0.417. The Morgan fingerprint density at radius 1 is 0.833 bits per heavy atom. The third-order valence-corrected chi connectivity index (χ3v) is 13.7. The fourth-order valence-electron chi connectivity index (χ4n) is 6.78. The lowest BCUT2D eigenvalue weighted by Crippen LogP contribution is -2.67. The molecule has 0 spiro atoms. The number of hydrogen-bond acceptors (Lipinski definition) is 4. The molecule has 6 heteroatoms. The number of carbonyl (C=O) groups excluding carboxylic acids is 1. The van der Waals surface area contributed by atoms with Crippen LogP contribution in [0.1, 0.15) is 66.9 Å². The van der Waals surface area contributed by atoms with Gasteiger partial charge in [0.15, 0.2) is 0 Å². The minimum absolute atomic E-state index is 0.163. The molecule has 1 saturated carbocycles. The molecule has 2 aliphatic rings. The Hall–Kier alpha value is -3.19. The Labute approximate surface area is 252 Å². The summed E-state index contributed by atoms with van der Waals surface area (Å²) < 4.78 is 19.9. The van der Waals surface area contributed by atoms with Crippen LogP contribution < -0.4 is 10.4 Å². The van der Waals surface area contributed by atoms with Crippen LogP contribution in [0, 0.1) is 0 Å². The average molecular weight is 584 g/mol. The molecule has 1 aliphatic heterocycles. The molecule has 2 fully saturated rings. The Balaban J connectivity index is 1.57. The third kappa shape index (κ3) is 5.72. The second-order valence-electron chi connectivity index (χ2n) is 13.7. The molecule has 0 N–H and O–H groups in total. The van der Waals surface area contributed by atoms with Gasteiger partial charge in [-0.1, -0.05) is 112 Å². The van der Waals surface area contributed by atoms with E-state index in [0.717, 1.165) is 17.6 Å². The smallest absolute Gasteiger partial charge is 0.413 e. The van der Waals surface area contributed by atoms with Gasteiger partial charge in [0.1, 0.15) is 11.8 Å². The van der Waals surface area contributed by atoms with E-state index in [4.69, 9.17) is 13.9 Å². The molecule has 0 unspecified atom stereocenters. The number of ether oxygens (including phenoxy) is 2. The molecule has 3 aromatic carbocycles. The van der Waals surface area contributed by atoms with Gasteiger partial charge in [-0.3, -0.25) is 4.90 Å². The van der Waals surface area contributed by atoms with Crippen molar-refractivity contribution in [3.05, 3.63) is 102 Å². The Morgan fingerprint density at radius 3 is 1.81 bits per heavy atom. The van der Waals surface area contributed by atoms with Gasteiger partial charge in [-0.15, -0.1) is 0 Å². The number of rotatable bonds is 6. The van der Waals surface area contributed by atoms with Crippen LogP contribution in [-0.2, 0) is 13.9 Å². The van der Waals surface area contributed by atoms with Crippen molar-refractivity contribution in [3.8, 4) is 0 Å². The normalized spacial score (nSPS) is 22.8. The highest BCUT2D eigenvalue weighted by atomic mass is 28.4. The second-order valence-corrected chi connectivity index (χ2v) is 17.9. The number of hydrogen-bond donors (Lipinski definition) is 0. The molecule has 1 amide bonds. The first-order valence-corrected chi connectivity index (χ1v) is 17.0. The van der Waals surface area contributed by atoms with E-state index < -0.39 is 25.7 Å². The summed E-state index contributed by atoms with van der Waals surface area (Å²) >= 11 is 0. The number of carbonyl (C=O) groups is 1. The van der Waals surface area contributed by atoms with E-state index >= 15 is 0 Å². The predicted molar refractivity (Wildman–Crippen MR) is 172 cm³/mol. The number of nitrogens with zero attached hydrogens (tertiary/aromatic N) is 1. The van der Waals surface area contributed by atoms with Gasteiger partial charge in [0.25, 0.3) is 8.32 Å². The summed E-state index contributed by atoms with van der Waals surface area (Å²) in [5.41, 5.74) is 0.871. The van der Waals surface area contributed by atoms with E-state index in [1.165, 1.54) is 10.4 Å². The highest BCUT2D eigenvalue weighted by Crippen LogP contribution is 2.43. The second kappa shape index (κ2) is 11.5. The van der Waals surface area contributed by atoms with E-state index in [0.29, 0.717) is 13.0 Å². The molecular weight excluding hydrogens is 538 g/mol. The maximum Gasteiger partial charge on any atom is 0.413 e. The summed E-state index contributed by atoms with van der Waals surface area (Å²) in [6.45, 7) is 15.2. The SMILES string of the molecule is CC1(C)COC(C)(C)N1C(=O)O[C@@H]1CC[C@H](O[Si](c2ccccc2)(c2ccccc2)C(C)(C)C)/C1=C\c1ccccc1. The van der Waals surface area contributed by atoms with Crippen molar-refractivity contribution in [1.29, 1.82) is 0 Å². The summed E-state index contributed by atoms with van der Waals surface area (Å²) in [5.74, 6) is 0. The Morgan fingerprint density at radius 2 is 1.33 bits per heavy atom. The molecule has 0 bridgehead atoms. The first-order valence-electron chi connectivity index (χ1n) is 15.1. The molecule has 1 aliphatic carbocycles. The molecule has 5 nitrogen and oxygen atoms in total. The zero-order valence-corrected chi connectivity index (χ0v) is 27.1.